The summed E-state index contributed by atoms with van der Waals surface area (Å²) in [4.78, 5) is 0.336. The summed E-state index contributed by atoms with van der Waals surface area (Å²) in [5.41, 5.74) is 1.30. The van der Waals surface area contributed by atoms with E-state index in [9.17, 15) is 8.42 Å². The molecule has 26 heavy (non-hydrogen) atoms. The van der Waals surface area contributed by atoms with Crippen LogP contribution in [0.15, 0.2) is 83.8 Å². The van der Waals surface area contributed by atoms with E-state index in [1.807, 2.05) is 30.3 Å². The predicted molar refractivity (Wildman–Crippen MR) is 112 cm³/mol. The highest BCUT2D eigenvalue weighted by molar-refractivity contribution is 9.15. The number of sulfone groups is 1. The van der Waals surface area contributed by atoms with E-state index in [1.54, 1.807) is 36.4 Å². The van der Waals surface area contributed by atoms with Gasteiger partial charge in [0, 0.05) is 14.5 Å². The average molecular weight is 468 g/mol. The van der Waals surface area contributed by atoms with Gasteiger partial charge in [-0.25, -0.2) is 8.42 Å². The SMILES string of the molecule is O=S(=O)(/C(=C(/Br)c1ccccc1)c1ccc(Cl)cc1)c1ccc(Cl)cc1. The fourth-order valence-corrected chi connectivity index (χ4v) is 5.36. The molecule has 0 aliphatic rings. The monoisotopic (exact) mass is 466 g/mol. The van der Waals surface area contributed by atoms with Crippen LogP contribution in [0.1, 0.15) is 11.1 Å². The molecule has 0 saturated heterocycles. The zero-order valence-electron chi connectivity index (χ0n) is 13.4. The van der Waals surface area contributed by atoms with E-state index in [1.165, 1.54) is 12.1 Å². The number of hydrogen-bond acceptors (Lipinski definition) is 2. The molecule has 0 amide bonds. The Hall–Kier alpha value is -1.59. The molecular weight excluding hydrogens is 455 g/mol. The number of hydrogen-bond donors (Lipinski definition) is 0. The Labute approximate surface area is 171 Å². The molecule has 0 aliphatic heterocycles. The maximum Gasteiger partial charge on any atom is 0.208 e. The van der Waals surface area contributed by atoms with Crippen molar-refractivity contribution in [2.24, 2.45) is 0 Å². The molecule has 0 bridgehead atoms. The minimum atomic E-state index is -3.80. The van der Waals surface area contributed by atoms with Gasteiger partial charge < -0.3 is 0 Å². The second-order valence-corrected chi connectivity index (χ2v) is 9.03. The van der Waals surface area contributed by atoms with Gasteiger partial charge in [0.25, 0.3) is 0 Å². The first-order valence-electron chi connectivity index (χ1n) is 7.61. The van der Waals surface area contributed by atoms with E-state index in [0.717, 1.165) is 5.56 Å². The van der Waals surface area contributed by atoms with Crippen LogP contribution in [-0.4, -0.2) is 8.42 Å². The van der Waals surface area contributed by atoms with Gasteiger partial charge in [0.1, 0.15) is 0 Å². The third-order valence-electron chi connectivity index (χ3n) is 3.73. The molecule has 0 atom stereocenters. The Morgan fingerprint density at radius 2 is 1.19 bits per heavy atom. The molecule has 0 radical (unpaired) electrons. The maximum atomic E-state index is 13.4. The predicted octanol–water partition coefficient (Wildman–Crippen LogP) is 6.69. The first-order chi connectivity index (χ1) is 12.4. The summed E-state index contributed by atoms with van der Waals surface area (Å²) < 4.78 is 27.2. The number of halogens is 3. The first kappa shape index (κ1) is 19.2. The zero-order chi connectivity index (χ0) is 18.7. The van der Waals surface area contributed by atoms with E-state index >= 15 is 0 Å². The summed E-state index contributed by atoms with van der Waals surface area (Å²) in [6, 6.07) is 22.1. The van der Waals surface area contributed by atoms with Crippen molar-refractivity contribution < 1.29 is 8.42 Å². The fraction of sp³-hybridized carbons (Fsp3) is 0. The van der Waals surface area contributed by atoms with Crippen molar-refractivity contribution in [3.63, 3.8) is 0 Å². The van der Waals surface area contributed by atoms with E-state index in [0.29, 0.717) is 20.1 Å². The first-order valence-corrected chi connectivity index (χ1v) is 10.6. The molecule has 6 heteroatoms. The Balaban J connectivity index is 2.27. The molecule has 0 N–H and O–H groups in total. The van der Waals surface area contributed by atoms with Gasteiger partial charge in [0.15, 0.2) is 0 Å². The summed E-state index contributed by atoms with van der Waals surface area (Å²) in [6.45, 7) is 0. The molecule has 0 heterocycles. The highest BCUT2D eigenvalue weighted by Crippen LogP contribution is 2.38. The van der Waals surface area contributed by atoms with Gasteiger partial charge in [-0.15, -0.1) is 0 Å². The van der Waals surface area contributed by atoms with Gasteiger partial charge in [-0.1, -0.05) is 65.7 Å². The molecule has 0 spiro atoms. The van der Waals surface area contributed by atoms with Crippen LogP contribution in [0.25, 0.3) is 9.39 Å². The van der Waals surface area contributed by atoms with E-state index in [4.69, 9.17) is 23.2 Å². The molecule has 3 aromatic carbocycles. The van der Waals surface area contributed by atoms with E-state index in [-0.39, 0.29) is 9.80 Å². The lowest BCUT2D eigenvalue weighted by atomic mass is 10.1. The van der Waals surface area contributed by atoms with Crippen molar-refractivity contribution in [1.29, 1.82) is 0 Å². The maximum absolute atomic E-state index is 13.4. The van der Waals surface area contributed by atoms with Gasteiger partial charge >= 0.3 is 0 Å². The largest absolute Gasteiger partial charge is 0.218 e. The highest BCUT2D eigenvalue weighted by atomic mass is 79.9. The summed E-state index contributed by atoms with van der Waals surface area (Å²) in [6.07, 6.45) is 0. The van der Waals surface area contributed by atoms with E-state index in [2.05, 4.69) is 15.9 Å². The quantitative estimate of drug-likeness (QED) is 0.400. The van der Waals surface area contributed by atoms with Crippen LogP contribution in [0.5, 0.6) is 0 Å². The van der Waals surface area contributed by atoms with E-state index < -0.39 is 9.84 Å². The molecule has 0 fully saturated rings. The topological polar surface area (TPSA) is 34.1 Å². The van der Waals surface area contributed by atoms with Crippen molar-refractivity contribution in [2.45, 2.75) is 4.90 Å². The molecular formula is C20H13BrCl2O2S. The second-order valence-electron chi connectivity index (χ2n) is 5.47. The summed E-state index contributed by atoms with van der Waals surface area (Å²) in [5.74, 6) is 0. The summed E-state index contributed by atoms with van der Waals surface area (Å²) >= 11 is 15.4. The Morgan fingerprint density at radius 1 is 0.692 bits per heavy atom. The lowest BCUT2D eigenvalue weighted by Crippen LogP contribution is -2.06. The minimum absolute atomic E-state index is 0.166. The zero-order valence-corrected chi connectivity index (χ0v) is 17.3. The van der Waals surface area contributed by atoms with Crippen molar-refractivity contribution in [3.05, 3.63) is 100 Å². The van der Waals surface area contributed by atoms with Crippen molar-refractivity contribution in [2.75, 3.05) is 0 Å². The molecule has 0 unspecified atom stereocenters. The van der Waals surface area contributed by atoms with Gasteiger partial charge in [0.05, 0.1) is 9.80 Å². The molecule has 0 aliphatic carbocycles. The Bertz CT molecular complexity index is 1040. The van der Waals surface area contributed by atoms with Crippen LogP contribution in [0.4, 0.5) is 0 Å². The molecule has 0 saturated carbocycles. The van der Waals surface area contributed by atoms with Crippen LogP contribution < -0.4 is 0 Å². The van der Waals surface area contributed by atoms with Gasteiger partial charge in [0.2, 0.25) is 9.84 Å². The third-order valence-corrected chi connectivity index (χ3v) is 7.22. The van der Waals surface area contributed by atoms with Crippen LogP contribution in [0, 0.1) is 0 Å². The van der Waals surface area contributed by atoms with Crippen LogP contribution in [-0.2, 0) is 9.84 Å². The Kier molecular flexibility index (Phi) is 5.88. The second kappa shape index (κ2) is 7.97. The van der Waals surface area contributed by atoms with Gasteiger partial charge in [-0.2, -0.15) is 0 Å². The lowest BCUT2D eigenvalue weighted by molar-refractivity contribution is 0.606. The number of benzene rings is 3. The van der Waals surface area contributed by atoms with Crippen LogP contribution in [0.2, 0.25) is 10.0 Å². The Morgan fingerprint density at radius 3 is 1.73 bits per heavy atom. The smallest absolute Gasteiger partial charge is 0.208 e. The van der Waals surface area contributed by atoms with Gasteiger partial charge in [-0.05, 0) is 63.5 Å². The summed E-state index contributed by atoms with van der Waals surface area (Å²) in [5, 5.41) is 1.01. The molecule has 0 aromatic heterocycles. The highest BCUT2D eigenvalue weighted by Gasteiger charge is 2.26. The average Bonchev–Trinajstić information content (AvgIpc) is 2.64. The lowest BCUT2D eigenvalue weighted by Gasteiger charge is -2.14. The molecule has 3 rings (SSSR count). The van der Waals surface area contributed by atoms with Crippen molar-refractivity contribution in [1.82, 2.24) is 0 Å². The van der Waals surface area contributed by atoms with Crippen molar-refractivity contribution in [3.8, 4) is 0 Å². The summed E-state index contributed by atoms with van der Waals surface area (Å²) in [7, 11) is -3.80. The fourth-order valence-electron chi connectivity index (χ4n) is 2.45. The third kappa shape index (κ3) is 4.04. The molecule has 132 valence electrons. The normalized spacial score (nSPS) is 12.6. The van der Waals surface area contributed by atoms with Crippen LogP contribution in [0.3, 0.4) is 0 Å². The number of rotatable bonds is 4. The van der Waals surface area contributed by atoms with Crippen molar-refractivity contribution >= 4 is 58.4 Å². The molecule has 3 aromatic rings. The molecule has 2 nitrogen and oxygen atoms in total. The van der Waals surface area contributed by atoms with Crippen LogP contribution >= 0.6 is 39.1 Å². The standard InChI is InChI=1S/C20H13BrCl2O2S/c21-19(14-4-2-1-3-5-14)20(15-6-8-16(22)9-7-15)26(24,25)18-12-10-17(23)11-13-18/h1-13H/b20-19+. The minimum Gasteiger partial charge on any atom is -0.218 e. The van der Waals surface area contributed by atoms with Gasteiger partial charge in [-0.3, -0.25) is 0 Å².